The van der Waals surface area contributed by atoms with Crippen molar-refractivity contribution in [3.05, 3.63) is 64.7 Å². The van der Waals surface area contributed by atoms with Crippen LogP contribution >= 0.6 is 0 Å². The lowest BCUT2D eigenvalue weighted by molar-refractivity contribution is -0.143. The molecule has 8 heteroatoms. The average molecular weight is 399 g/mol. The van der Waals surface area contributed by atoms with E-state index in [0.29, 0.717) is 18.1 Å². The number of esters is 1. The summed E-state index contributed by atoms with van der Waals surface area (Å²) in [4.78, 5) is 46.8. The highest BCUT2D eigenvalue weighted by Gasteiger charge is 2.24. The number of benzene rings is 2. The number of rotatable bonds is 9. The lowest BCUT2D eigenvalue weighted by Crippen LogP contribution is -2.43. The molecule has 0 aromatic heterocycles. The van der Waals surface area contributed by atoms with Crippen molar-refractivity contribution in [3.63, 3.8) is 0 Å². The molecule has 2 rings (SSSR count). The SMILES string of the molecule is COC(=O)[C@H](Cc1cc(C=O)c(OC)c(C=O)c1)NC(=O)OCc1ccccc1. The van der Waals surface area contributed by atoms with E-state index in [1.54, 1.807) is 12.1 Å². The number of amides is 1. The molecule has 0 heterocycles. The highest BCUT2D eigenvalue weighted by atomic mass is 16.6. The minimum Gasteiger partial charge on any atom is -0.495 e. The van der Waals surface area contributed by atoms with E-state index in [-0.39, 0.29) is 29.9 Å². The van der Waals surface area contributed by atoms with E-state index in [4.69, 9.17) is 14.2 Å². The molecule has 0 radical (unpaired) electrons. The minimum atomic E-state index is -1.07. The Balaban J connectivity index is 2.14. The molecule has 0 aliphatic carbocycles. The van der Waals surface area contributed by atoms with Gasteiger partial charge in [-0.3, -0.25) is 9.59 Å². The van der Waals surface area contributed by atoms with E-state index < -0.39 is 18.1 Å². The molecule has 1 amide bonds. The van der Waals surface area contributed by atoms with E-state index in [2.05, 4.69) is 5.32 Å². The third-order valence-corrected chi connectivity index (χ3v) is 4.09. The number of carbonyl (C=O) groups is 4. The first-order valence-electron chi connectivity index (χ1n) is 8.68. The van der Waals surface area contributed by atoms with Crippen LogP contribution in [0.3, 0.4) is 0 Å². The molecule has 1 atom stereocenters. The van der Waals surface area contributed by atoms with Crippen LogP contribution in [0.4, 0.5) is 4.79 Å². The summed E-state index contributed by atoms with van der Waals surface area (Å²) in [6, 6.07) is 10.9. The van der Waals surface area contributed by atoms with E-state index >= 15 is 0 Å². The number of aldehydes is 2. The summed E-state index contributed by atoms with van der Waals surface area (Å²) >= 11 is 0. The van der Waals surface area contributed by atoms with Crippen molar-refractivity contribution in [2.24, 2.45) is 0 Å². The third kappa shape index (κ3) is 5.90. The summed E-state index contributed by atoms with van der Waals surface area (Å²) in [6.45, 7) is 0.0354. The number of ether oxygens (including phenoxy) is 3. The fraction of sp³-hybridized carbons (Fsp3) is 0.238. The first-order valence-corrected chi connectivity index (χ1v) is 8.68. The second-order valence-corrected chi connectivity index (χ2v) is 6.03. The predicted octanol–water partition coefficient (Wildman–Crippen LogP) is 2.33. The smallest absolute Gasteiger partial charge is 0.408 e. The monoisotopic (exact) mass is 399 g/mol. The molecule has 0 aliphatic heterocycles. The van der Waals surface area contributed by atoms with Gasteiger partial charge in [-0.05, 0) is 23.3 Å². The molecular formula is C21H21NO7. The van der Waals surface area contributed by atoms with Gasteiger partial charge in [-0.15, -0.1) is 0 Å². The van der Waals surface area contributed by atoms with Crippen LogP contribution in [0.15, 0.2) is 42.5 Å². The maximum absolute atomic E-state index is 12.1. The number of alkyl carbamates (subject to hydrolysis) is 1. The Hall–Kier alpha value is -3.68. The molecule has 29 heavy (non-hydrogen) atoms. The second-order valence-electron chi connectivity index (χ2n) is 6.03. The van der Waals surface area contributed by atoms with Gasteiger partial charge in [0.25, 0.3) is 0 Å². The van der Waals surface area contributed by atoms with Gasteiger partial charge in [-0.1, -0.05) is 30.3 Å². The number of hydrogen-bond acceptors (Lipinski definition) is 7. The Morgan fingerprint density at radius 1 is 1.00 bits per heavy atom. The largest absolute Gasteiger partial charge is 0.495 e. The van der Waals surface area contributed by atoms with Crippen LogP contribution in [0, 0.1) is 0 Å². The molecule has 0 bridgehead atoms. The molecule has 0 aliphatic rings. The van der Waals surface area contributed by atoms with Gasteiger partial charge in [-0.2, -0.15) is 0 Å². The van der Waals surface area contributed by atoms with Crippen molar-refractivity contribution in [3.8, 4) is 5.75 Å². The highest BCUT2D eigenvalue weighted by Crippen LogP contribution is 2.24. The highest BCUT2D eigenvalue weighted by molar-refractivity contribution is 5.89. The maximum atomic E-state index is 12.1. The van der Waals surface area contributed by atoms with Gasteiger partial charge >= 0.3 is 12.1 Å². The van der Waals surface area contributed by atoms with Crippen molar-refractivity contribution < 1.29 is 33.4 Å². The fourth-order valence-electron chi connectivity index (χ4n) is 2.75. The Morgan fingerprint density at radius 3 is 2.14 bits per heavy atom. The zero-order valence-corrected chi connectivity index (χ0v) is 16.0. The summed E-state index contributed by atoms with van der Waals surface area (Å²) in [5.74, 6) is -0.554. The van der Waals surface area contributed by atoms with Crippen molar-refractivity contribution >= 4 is 24.6 Å². The number of methoxy groups -OCH3 is 2. The molecule has 0 unspecified atom stereocenters. The Morgan fingerprint density at radius 2 is 1.62 bits per heavy atom. The molecule has 8 nitrogen and oxygen atoms in total. The van der Waals surface area contributed by atoms with Crippen molar-refractivity contribution in [2.75, 3.05) is 14.2 Å². The fourth-order valence-corrected chi connectivity index (χ4v) is 2.75. The van der Waals surface area contributed by atoms with Gasteiger partial charge in [0.1, 0.15) is 18.4 Å². The maximum Gasteiger partial charge on any atom is 0.408 e. The summed E-state index contributed by atoms with van der Waals surface area (Å²) in [5, 5.41) is 2.45. The zero-order valence-electron chi connectivity index (χ0n) is 16.0. The topological polar surface area (TPSA) is 108 Å². The normalized spacial score (nSPS) is 11.1. The Kier molecular flexibility index (Phi) is 7.90. The van der Waals surface area contributed by atoms with Crippen molar-refractivity contribution in [1.82, 2.24) is 5.32 Å². The van der Waals surface area contributed by atoms with Crippen molar-refractivity contribution in [1.29, 1.82) is 0 Å². The summed E-state index contributed by atoms with van der Waals surface area (Å²) < 4.78 is 14.9. The van der Waals surface area contributed by atoms with Gasteiger partial charge in [0.15, 0.2) is 12.6 Å². The second kappa shape index (κ2) is 10.6. The molecule has 1 N–H and O–H groups in total. The van der Waals surface area contributed by atoms with E-state index in [1.165, 1.54) is 26.4 Å². The van der Waals surface area contributed by atoms with Crippen LogP contribution in [0.1, 0.15) is 31.8 Å². The molecule has 2 aromatic rings. The molecule has 0 spiro atoms. The van der Waals surface area contributed by atoms with Crippen LogP contribution in [-0.2, 0) is 27.3 Å². The van der Waals surface area contributed by atoms with Gasteiger partial charge in [0, 0.05) is 6.42 Å². The Bertz CT molecular complexity index is 851. The van der Waals surface area contributed by atoms with E-state index in [0.717, 1.165) is 5.56 Å². The molecular weight excluding hydrogens is 378 g/mol. The number of carbonyl (C=O) groups excluding carboxylic acids is 4. The number of nitrogens with one attached hydrogen (secondary N) is 1. The zero-order chi connectivity index (χ0) is 21.2. The van der Waals surface area contributed by atoms with Gasteiger partial charge in [-0.25, -0.2) is 9.59 Å². The van der Waals surface area contributed by atoms with Crippen LogP contribution in [0.25, 0.3) is 0 Å². The molecule has 0 saturated heterocycles. The summed E-state index contributed by atoms with van der Waals surface area (Å²) in [7, 11) is 2.53. The van der Waals surface area contributed by atoms with Crippen molar-refractivity contribution in [2.45, 2.75) is 19.1 Å². The summed E-state index contributed by atoms with van der Waals surface area (Å²) in [5.41, 5.74) is 1.57. The molecule has 152 valence electrons. The van der Waals surface area contributed by atoms with E-state index in [1.807, 2.05) is 18.2 Å². The average Bonchev–Trinajstić information content (AvgIpc) is 2.76. The van der Waals surface area contributed by atoms with Gasteiger partial charge < -0.3 is 19.5 Å². The molecule has 0 fully saturated rings. The first kappa shape index (κ1) is 21.6. The predicted molar refractivity (Wildman–Crippen MR) is 103 cm³/mol. The third-order valence-electron chi connectivity index (χ3n) is 4.09. The van der Waals surface area contributed by atoms with Crippen LogP contribution < -0.4 is 10.1 Å². The Labute approximate surface area is 167 Å². The first-order chi connectivity index (χ1) is 14.0. The van der Waals surface area contributed by atoms with Crippen LogP contribution in [0.2, 0.25) is 0 Å². The molecule has 2 aromatic carbocycles. The minimum absolute atomic E-state index is 0.0151. The van der Waals surface area contributed by atoms with E-state index in [9.17, 15) is 19.2 Å². The van der Waals surface area contributed by atoms with Crippen LogP contribution in [0.5, 0.6) is 5.75 Å². The number of hydrogen-bond donors (Lipinski definition) is 1. The lowest BCUT2D eigenvalue weighted by Gasteiger charge is -2.18. The standard InChI is InChI=1S/C21H21NO7/c1-27-19-16(11-23)8-15(9-17(19)12-24)10-18(20(25)28-2)22-21(26)29-13-14-6-4-3-5-7-14/h3-9,11-12,18H,10,13H2,1-2H3,(H,22,26)/t18-/m0/s1. The quantitative estimate of drug-likeness (QED) is 0.509. The lowest BCUT2D eigenvalue weighted by atomic mass is 9.99. The summed E-state index contributed by atoms with van der Waals surface area (Å²) in [6.07, 6.45) is 0.274. The molecule has 0 saturated carbocycles. The van der Waals surface area contributed by atoms with Gasteiger partial charge in [0.05, 0.1) is 25.3 Å². The van der Waals surface area contributed by atoms with Gasteiger partial charge in [0.2, 0.25) is 0 Å². The van der Waals surface area contributed by atoms with Crippen LogP contribution in [-0.4, -0.2) is 44.9 Å².